The van der Waals surface area contributed by atoms with Gasteiger partial charge in [0, 0.05) is 25.3 Å². The van der Waals surface area contributed by atoms with Crippen LogP contribution in [0, 0.1) is 0 Å². The molecule has 1 saturated heterocycles. The van der Waals surface area contributed by atoms with Gasteiger partial charge in [0.15, 0.2) is 0 Å². The van der Waals surface area contributed by atoms with Gasteiger partial charge < -0.3 is 5.32 Å². The number of hydrogen-bond donors (Lipinski definition) is 1. The van der Waals surface area contributed by atoms with Crippen LogP contribution in [0.4, 0.5) is 0 Å². The summed E-state index contributed by atoms with van der Waals surface area (Å²) in [5.74, 6) is 0. The van der Waals surface area contributed by atoms with Crippen molar-refractivity contribution in [2.75, 3.05) is 26.7 Å². The summed E-state index contributed by atoms with van der Waals surface area (Å²) in [7, 11) is 2.10. The van der Waals surface area contributed by atoms with Crippen molar-refractivity contribution in [3.05, 3.63) is 12.3 Å². The van der Waals surface area contributed by atoms with Gasteiger partial charge in [-0.1, -0.05) is 6.58 Å². The van der Waals surface area contributed by atoms with E-state index in [0.29, 0.717) is 0 Å². The molecule has 0 spiro atoms. The number of rotatable bonds is 0. The maximum absolute atomic E-state index is 3.81. The van der Waals surface area contributed by atoms with Crippen LogP contribution in [0.5, 0.6) is 0 Å². The van der Waals surface area contributed by atoms with Crippen LogP contribution in [0.2, 0.25) is 0 Å². The zero-order valence-electron chi connectivity index (χ0n) is 5.28. The van der Waals surface area contributed by atoms with Crippen LogP contribution in [-0.2, 0) is 0 Å². The summed E-state index contributed by atoms with van der Waals surface area (Å²) in [6.07, 6.45) is 0. The van der Waals surface area contributed by atoms with Crippen molar-refractivity contribution in [3.8, 4) is 0 Å². The molecule has 0 atom stereocenters. The lowest BCUT2D eigenvalue weighted by Crippen LogP contribution is -2.38. The Bertz CT molecular complexity index is 98.7. The van der Waals surface area contributed by atoms with Crippen LogP contribution in [0.15, 0.2) is 12.3 Å². The SMILES string of the molecule is C=C1CN(C)CCN1. The number of likely N-dealkylation sites (N-methyl/N-ethyl adjacent to an activating group) is 1. The molecule has 1 rings (SSSR count). The predicted molar refractivity (Wildman–Crippen MR) is 34.6 cm³/mol. The lowest BCUT2D eigenvalue weighted by Gasteiger charge is -2.24. The van der Waals surface area contributed by atoms with Gasteiger partial charge in [0.25, 0.3) is 0 Å². The van der Waals surface area contributed by atoms with Gasteiger partial charge >= 0.3 is 0 Å². The summed E-state index contributed by atoms with van der Waals surface area (Å²) in [5, 5.41) is 3.18. The Balaban J connectivity index is 2.34. The Hall–Kier alpha value is -0.500. The highest BCUT2D eigenvalue weighted by Crippen LogP contribution is 1.94. The standard InChI is InChI=1S/C6H12N2/c1-6-5-8(2)4-3-7-6/h7H,1,3-5H2,2H3. The Labute approximate surface area is 50.2 Å². The van der Waals surface area contributed by atoms with Crippen LogP contribution in [0.3, 0.4) is 0 Å². The first-order valence-corrected chi connectivity index (χ1v) is 2.89. The first-order valence-electron chi connectivity index (χ1n) is 2.89. The molecule has 0 amide bonds. The van der Waals surface area contributed by atoms with E-state index in [1.54, 1.807) is 0 Å². The third kappa shape index (κ3) is 1.23. The molecule has 1 N–H and O–H groups in total. The quantitative estimate of drug-likeness (QED) is 0.476. The highest BCUT2D eigenvalue weighted by Gasteiger charge is 2.05. The number of nitrogens with one attached hydrogen (secondary N) is 1. The molecule has 1 aliphatic rings. The lowest BCUT2D eigenvalue weighted by atomic mass is 10.3. The van der Waals surface area contributed by atoms with Gasteiger partial charge in [-0.25, -0.2) is 0 Å². The maximum atomic E-state index is 3.81. The van der Waals surface area contributed by atoms with E-state index < -0.39 is 0 Å². The second kappa shape index (κ2) is 2.18. The Kier molecular flexibility index (Phi) is 1.53. The van der Waals surface area contributed by atoms with Crippen LogP contribution in [0.1, 0.15) is 0 Å². The summed E-state index contributed by atoms with van der Waals surface area (Å²) in [4.78, 5) is 2.25. The van der Waals surface area contributed by atoms with E-state index in [2.05, 4.69) is 23.8 Å². The average molecular weight is 112 g/mol. The first-order chi connectivity index (χ1) is 3.79. The molecule has 0 aliphatic carbocycles. The summed E-state index contributed by atoms with van der Waals surface area (Å²) in [6, 6.07) is 0. The maximum Gasteiger partial charge on any atom is 0.0373 e. The van der Waals surface area contributed by atoms with Crippen molar-refractivity contribution >= 4 is 0 Å². The Morgan fingerprint density at radius 3 is 2.88 bits per heavy atom. The van der Waals surface area contributed by atoms with Crippen LogP contribution in [-0.4, -0.2) is 31.6 Å². The topological polar surface area (TPSA) is 15.3 Å². The lowest BCUT2D eigenvalue weighted by molar-refractivity contribution is 0.324. The van der Waals surface area contributed by atoms with Gasteiger partial charge in [-0.15, -0.1) is 0 Å². The third-order valence-electron chi connectivity index (χ3n) is 1.33. The second-order valence-corrected chi connectivity index (χ2v) is 2.27. The monoisotopic (exact) mass is 112 g/mol. The first kappa shape index (κ1) is 5.63. The Morgan fingerprint density at radius 2 is 2.50 bits per heavy atom. The molecule has 0 aromatic heterocycles. The molecule has 0 aromatic carbocycles. The zero-order valence-corrected chi connectivity index (χ0v) is 5.28. The van der Waals surface area contributed by atoms with Gasteiger partial charge in [-0.05, 0) is 7.05 Å². The molecular formula is C6H12N2. The molecule has 0 radical (unpaired) electrons. The van der Waals surface area contributed by atoms with Gasteiger partial charge in [0.1, 0.15) is 0 Å². The van der Waals surface area contributed by atoms with E-state index >= 15 is 0 Å². The minimum absolute atomic E-state index is 1.00. The van der Waals surface area contributed by atoms with Crippen molar-refractivity contribution in [1.82, 2.24) is 10.2 Å². The third-order valence-corrected chi connectivity index (χ3v) is 1.33. The molecule has 8 heavy (non-hydrogen) atoms. The minimum atomic E-state index is 1.00. The van der Waals surface area contributed by atoms with Gasteiger partial charge in [0.05, 0.1) is 0 Å². The average Bonchev–Trinajstić information content (AvgIpc) is 1.64. The molecule has 2 nitrogen and oxygen atoms in total. The largest absolute Gasteiger partial charge is 0.386 e. The fourth-order valence-corrected chi connectivity index (χ4v) is 0.884. The second-order valence-electron chi connectivity index (χ2n) is 2.27. The molecule has 2 heteroatoms. The summed E-state index contributed by atoms with van der Waals surface area (Å²) in [6.45, 7) is 7.00. The molecule has 1 heterocycles. The molecule has 46 valence electrons. The number of nitrogens with zero attached hydrogens (tertiary/aromatic N) is 1. The smallest absolute Gasteiger partial charge is 0.0373 e. The summed E-state index contributed by atoms with van der Waals surface area (Å²) in [5.41, 5.74) is 1.14. The van der Waals surface area contributed by atoms with Crippen LogP contribution in [0.25, 0.3) is 0 Å². The van der Waals surface area contributed by atoms with Crippen molar-refractivity contribution in [3.63, 3.8) is 0 Å². The molecule has 0 saturated carbocycles. The van der Waals surface area contributed by atoms with Crippen molar-refractivity contribution in [2.24, 2.45) is 0 Å². The predicted octanol–water partition coefficient (Wildman–Crippen LogP) is 0.0351. The van der Waals surface area contributed by atoms with Crippen LogP contribution >= 0.6 is 0 Å². The zero-order chi connectivity index (χ0) is 5.98. The van der Waals surface area contributed by atoms with E-state index in [1.165, 1.54) is 0 Å². The minimum Gasteiger partial charge on any atom is -0.386 e. The van der Waals surface area contributed by atoms with E-state index in [-0.39, 0.29) is 0 Å². The fourth-order valence-electron chi connectivity index (χ4n) is 0.884. The molecule has 0 unspecified atom stereocenters. The molecule has 0 aromatic rings. The van der Waals surface area contributed by atoms with Gasteiger partial charge in [0.2, 0.25) is 0 Å². The molecule has 1 fully saturated rings. The van der Waals surface area contributed by atoms with E-state index in [9.17, 15) is 0 Å². The summed E-state index contributed by atoms with van der Waals surface area (Å²) < 4.78 is 0. The molecule has 0 bridgehead atoms. The van der Waals surface area contributed by atoms with E-state index in [1.807, 2.05) is 0 Å². The Morgan fingerprint density at radius 1 is 1.75 bits per heavy atom. The normalized spacial score (nSPS) is 22.9. The van der Waals surface area contributed by atoms with E-state index in [0.717, 1.165) is 25.3 Å². The number of hydrogen-bond acceptors (Lipinski definition) is 2. The molecule has 1 aliphatic heterocycles. The van der Waals surface area contributed by atoms with Gasteiger partial charge in [-0.3, -0.25) is 4.90 Å². The van der Waals surface area contributed by atoms with E-state index in [4.69, 9.17) is 0 Å². The molecular weight excluding hydrogens is 100 g/mol. The number of piperazine rings is 1. The summed E-state index contributed by atoms with van der Waals surface area (Å²) >= 11 is 0. The highest BCUT2D eigenvalue weighted by atomic mass is 15.2. The van der Waals surface area contributed by atoms with Crippen molar-refractivity contribution in [2.45, 2.75) is 0 Å². The van der Waals surface area contributed by atoms with Crippen LogP contribution < -0.4 is 5.32 Å². The van der Waals surface area contributed by atoms with Gasteiger partial charge in [-0.2, -0.15) is 0 Å². The van der Waals surface area contributed by atoms with Crippen molar-refractivity contribution < 1.29 is 0 Å². The highest BCUT2D eigenvalue weighted by molar-refractivity contribution is 4.97. The van der Waals surface area contributed by atoms with Crippen molar-refractivity contribution in [1.29, 1.82) is 0 Å². The fraction of sp³-hybridized carbons (Fsp3) is 0.667.